The third kappa shape index (κ3) is 3.60. The largest absolute Gasteiger partial charge is 0.435 e. The number of halogens is 3. The second-order valence-electron chi connectivity index (χ2n) is 5.40. The number of amides is 1. The van der Waals surface area contributed by atoms with Gasteiger partial charge in [0.15, 0.2) is 15.5 Å². The molecule has 0 aromatic carbocycles. The zero-order chi connectivity index (χ0) is 16.7. The van der Waals surface area contributed by atoms with Crippen molar-refractivity contribution in [2.45, 2.75) is 38.5 Å². The Hall–Kier alpha value is -1.58. The summed E-state index contributed by atoms with van der Waals surface area (Å²) in [5.74, 6) is -0.690. The van der Waals surface area contributed by atoms with Gasteiger partial charge in [-0.15, -0.1) is 0 Å². The van der Waals surface area contributed by atoms with Crippen molar-refractivity contribution in [1.29, 1.82) is 0 Å². The Balaban J connectivity index is 2.10. The van der Waals surface area contributed by atoms with Crippen LogP contribution >= 0.6 is 0 Å². The van der Waals surface area contributed by atoms with Gasteiger partial charge in [0, 0.05) is 11.7 Å². The minimum absolute atomic E-state index is 0.00530. The first kappa shape index (κ1) is 16.8. The van der Waals surface area contributed by atoms with Crippen LogP contribution in [-0.2, 0) is 20.8 Å². The summed E-state index contributed by atoms with van der Waals surface area (Å²) >= 11 is 0. The Morgan fingerprint density at radius 2 is 2.14 bits per heavy atom. The molecular formula is C12H16F3N3O3S. The van der Waals surface area contributed by atoms with E-state index >= 15 is 0 Å². The van der Waals surface area contributed by atoms with Crippen molar-refractivity contribution >= 4 is 15.7 Å². The van der Waals surface area contributed by atoms with Gasteiger partial charge in [0.2, 0.25) is 5.91 Å². The van der Waals surface area contributed by atoms with E-state index in [2.05, 4.69) is 10.4 Å². The molecule has 1 aromatic rings. The maximum atomic E-state index is 12.6. The molecule has 2 rings (SSSR count). The smallest absolute Gasteiger partial charge is 0.350 e. The lowest BCUT2D eigenvalue weighted by Gasteiger charge is -2.17. The second kappa shape index (κ2) is 5.56. The first-order valence-electron chi connectivity index (χ1n) is 6.64. The summed E-state index contributed by atoms with van der Waals surface area (Å²) in [7, 11) is -3.14. The number of hydrogen-bond donors (Lipinski definition) is 1. The van der Waals surface area contributed by atoms with Gasteiger partial charge in [-0.1, -0.05) is 0 Å². The van der Waals surface area contributed by atoms with Crippen LogP contribution in [0.3, 0.4) is 0 Å². The van der Waals surface area contributed by atoms with Crippen LogP contribution in [0.2, 0.25) is 0 Å². The molecule has 0 radical (unpaired) electrons. The van der Waals surface area contributed by atoms with Gasteiger partial charge < -0.3 is 5.32 Å². The number of aryl methyl sites for hydroxylation is 1. The molecule has 6 nitrogen and oxygen atoms in total. The molecule has 2 heterocycles. The van der Waals surface area contributed by atoms with Crippen LogP contribution in [0, 0.1) is 6.92 Å². The van der Waals surface area contributed by atoms with Gasteiger partial charge in [-0.25, -0.2) is 8.42 Å². The fraction of sp³-hybridized carbons (Fsp3) is 0.667. The predicted octanol–water partition coefficient (Wildman–Crippen LogP) is 1.07. The van der Waals surface area contributed by atoms with Crippen molar-refractivity contribution in [2.75, 3.05) is 11.5 Å². The van der Waals surface area contributed by atoms with E-state index in [-0.39, 0.29) is 17.2 Å². The lowest BCUT2D eigenvalue weighted by molar-refractivity contribution is -0.142. The van der Waals surface area contributed by atoms with E-state index in [9.17, 15) is 26.4 Å². The molecule has 1 aromatic heterocycles. The van der Waals surface area contributed by atoms with Crippen molar-refractivity contribution < 1.29 is 26.4 Å². The van der Waals surface area contributed by atoms with Crippen molar-refractivity contribution in [3.63, 3.8) is 0 Å². The number of nitrogens with one attached hydrogen (secondary N) is 1. The third-order valence-electron chi connectivity index (χ3n) is 3.54. The first-order chi connectivity index (χ1) is 9.99. The number of carbonyl (C=O) groups excluding carboxylic acids is 1. The number of aromatic nitrogens is 2. The van der Waals surface area contributed by atoms with Crippen LogP contribution < -0.4 is 5.32 Å². The molecule has 1 saturated heterocycles. The highest BCUT2D eigenvalue weighted by Gasteiger charge is 2.36. The van der Waals surface area contributed by atoms with Crippen molar-refractivity contribution in [3.8, 4) is 0 Å². The predicted molar refractivity (Wildman–Crippen MR) is 71.9 cm³/mol. The average molecular weight is 339 g/mol. The van der Waals surface area contributed by atoms with Crippen LogP contribution in [0.1, 0.15) is 30.8 Å². The monoisotopic (exact) mass is 339 g/mol. The first-order valence-corrected chi connectivity index (χ1v) is 8.46. The number of nitrogens with zero attached hydrogens (tertiary/aromatic N) is 2. The summed E-state index contributed by atoms with van der Waals surface area (Å²) in [5, 5.41) is 5.97. The van der Waals surface area contributed by atoms with E-state index in [4.69, 9.17) is 0 Å². The summed E-state index contributed by atoms with van der Waals surface area (Å²) in [5.41, 5.74) is -0.859. The Morgan fingerprint density at radius 3 is 2.59 bits per heavy atom. The van der Waals surface area contributed by atoms with Crippen LogP contribution in [0.15, 0.2) is 6.07 Å². The summed E-state index contributed by atoms with van der Waals surface area (Å²) < 4.78 is 61.5. The van der Waals surface area contributed by atoms with Gasteiger partial charge in [0.05, 0.1) is 11.5 Å². The molecule has 0 saturated carbocycles. The van der Waals surface area contributed by atoms with E-state index in [1.807, 2.05) is 0 Å². The van der Waals surface area contributed by atoms with Gasteiger partial charge in [0.25, 0.3) is 0 Å². The van der Waals surface area contributed by atoms with Crippen LogP contribution in [0.25, 0.3) is 0 Å². The summed E-state index contributed by atoms with van der Waals surface area (Å²) in [6.45, 7) is 2.84. The van der Waals surface area contributed by atoms with Gasteiger partial charge in [-0.3, -0.25) is 9.48 Å². The highest BCUT2D eigenvalue weighted by molar-refractivity contribution is 7.91. The molecule has 22 heavy (non-hydrogen) atoms. The molecule has 1 fully saturated rings. The molecule has 0 spiro atoms. The van der Waals surface area contributed by atoms with Crippen LogP contribution in [-0.4, -0.2) is 41.7 Å². The lowest BCUT2D eigenvalue weighted by Crippen LogP contribution is -2.40. The quantitative estimate of drug-likeness (QED) is 0.893. The number of rotatable bonds is 3. The minimum Gasteiger partial charge on any atom is -0.350 e. The summed E-state index contributed by atoms with van der Waals surface area (Å²) in [4.78, 5) is 12.1. The zero-order valence-electron chi connectivity index (χ0n) is 12.0. The van der Waals surface area contributed by atoms with E-state index < -0.39 is 39.7 Å². The molecule has 124 valence electrons. The molecule has 0 unspecified atom stereocenters. The molecule has 0 aliphatic carbocycles. The maximum Gasteiger partial charge on any atom is 0.435 e. The highest BCUT2D eigenvalue weighted by Crippen LogP contribution is 2.29. The molecule has 1 aliphatic heterocycles. The van der Waals surface area contributed by atoms with Gasteiger partial charge in [0.1, 0.15) is 6.04 Å². The van der Waals surface area contributed by atoms with Gasteiger partial charge >= 0.3 is 6.18 Å². The number of carbonyl (C=O) groups is 1. The van der Waals surface area contributed by atoms with E-state index in [1.54, 1.807) is 0 Å². The normalized spacial score (nSPS) is 22.5. The number of hydrogen-bond acceptors (Lipinski definition) is 4. The lowest BCUT2D eigenvalue weighted by atomic mass is 10.2. The Kier molecular flexibility index (Phi) is 4.24. The van der Waals surface area contributed by atoms with Crippen LogP contribution in [0.4, 0.5) is 13.2 Å². The van der Waals surface area contributed by atoms with Gasteiger partial charge in [-0.05, 0) is 26.3 Å². The third-order valence-corrected chi connectivity index (χ3v) is 5.31. The molecule has 2 atom stereocenters. The highest BCUT2D eigenvalue weighted by atomic mass is 32.2. The Labute approximate surface area is 125 Å². The van der Waals surface area contributed by atoms with Gasteiger partial charge in [-0.2, -0.15) is 18.3 Å². The van der Waals surface area contributed by atoms with E-state index in [0.29, 0.717) is 6.42 Å². The molecular weight excluding hydrogens is 323 g/mol. The topological polar surface area (TPSA) is 81.1 Å². The Bertz CT molecular complexity index is 682. The minimum atomic E-state index is -4.58. The van der Waals surface area contributed by atoms with Crippen molar-refractivity contribution in [2.24, 2.45) is 0 Å². The molecule has 1 N–H and O–H groups in total. The Morgan fingerprint density at radius 1 is 1.50 bits per heavy atom. The summed E-state index contributed by atoms with van der Waals surface area (Å²) in [6.07, 6.45) is -4.27. The van der Waals surface area contributed by atoms with Crippen molar-refractivity contribution in [3.05, 3.63) is 17.5 Å². The molecule has 10 heteroatoms. The summed E-state index contributed by atoms with van der Waals surface area (Å²) in [6, 6.07) is -0.596. The van der Waals surface area contributed by atoms with Crippen LogP contribution in [0.5, 0.6) is 0 Å². The van der Waals surface area contributed by atoms with E-state index in [0.717, 1.165) is 10.7 Å². The average Bonchev–Trinajstić information content (AvgIpc) is 2.91. The standard InChI is InChI=1S/C12H16F3N3O3S/c1-7-5-10(12(13,14)15)17-18(7)8(2)11(19)16-9-3-4-22(20,21)6-9/h5,8-9H,3-4,6H2,1-2H3,(H,16,19)/t8-,9-/m1/s1. The van der Waals surface area contributed by atoms with Crippen molar-refractivity contribution in [1.82, 2.24) is 15.1 Å². The number of sulfone groups is 1. The molecule has 1 aliphatic rings. The molecule has 0 bridgehead atoms. The fourth-order valence-electron chi connectivity index (χ4n) is 2.36. The SMILES string of the molecule is Cc1cc(C(F)(F)F)nn1[C@H](C)C(=O)N[C@@H]1CCS(=O)(=O)C1. The second-order valence-corrected chi connectivity index (χ2v) is 7.63. The fourth-order valence-corrected chi connectivity index (χ4v) is 4.03. The van der Waals surface area contributed by atoms with E-state index in [1.165, 1.54) is 13.8 Å². The maximum absolute atomic E-state index is 12.6. The zero-order valence-corrected chi connectivity index (χ0v) is 12.8. The molecule has 1 amide bonds. The number of alkyl halides is 3.